The van der Waals surface area contributed by atoms with Crippen molar-refractivity contribution in [2.75, 3.05) is 0 Å². The van der Waals surface area contributed by atoms with E-state index in [4.69, 9.17) is 10.7 Å². The van der Waals surface area contributed by atoms with Crippen LogP contribution in [0.2, 0.25) is 0 Å². The van der Waals surface area contributed by atoms with Crippen molar-refractivity contribution >= 4 is 19.7 Å². The van der Waals surface area contributed by atoms with E-state index in [1.165, 1.54) is 0 Å². The molecule has 0 atom stereocenters. The van der Waals surface area contributed by atoms with Gasteiger partial charge in [-0.15, -0.1) is 0 Å². The summed E-state index contributed by atoms with van der Waals surface area (Å²) in [7, 11) is 0.666. The number of aromatic nitrogens is 1. The van der Waals surface area contributed by atoms with Gasteiger partial charge in [-0.05, 0) is 0 Å². The Labute approximate surface area is 81.9 Å². The maximum absolute atomic E-state index is 12.1. The predicted molar refractivity (Wildman–Crippen MR) is 45.1 cm³/mol. The molecule has 1 heterocycles. The van der Waals surface area contributed by atoms with Crippen molar-refractivity contribution in [2.45, 2.75) is 11.5 Å². The minimum Gasteiger partial charge on any atom is -0.344 e. The normalized spacial score (nSPS) is 12.0. The first-order valence-electron chi connectivity index (χ1n) is 3.28. The van der Waals surface area contributed by atoms with Crippen LogP contribution in [0.1, 0.15) is 12.1 Å². The van der Waals surface area contributed by atoms with Gasteiger partial charge in [0.1, 0.15) is 0 Å². The molecule has 0 bridgehead atoms. The average molecular weight is 244 g/mol. The van der Waals surface area contributed by atoms with Crippen molar-refractivity contribution in [3.63, 3.8) is 0 Å². The van der Waals surface area contributed by atoms with Crippen LogP contribution in [-0.4, -0.2) is 13.4 Å². The van der Waals surface area contributed by atoms with Crippen LogP contribution in [0.4, 0.5) is 8.78 Å². The Morgan fingerprint density at radius 3 is 2.36 bits per heavy atom. The quantitative estimate of drug-likeness (QED) is 0.795. The summed E-state index contributed by atoms with van der Waals surface area (Å²) in [5, 5.41) is -0.734. The molecule has 0 aliphatic rings. The topological polar surface area (TPSA) is 67.0 Å². The number of hydrogen-bond donors (Lipinski definition) is 1. The lowest BCUT2D eigenvalue weighted by atomic mass is 10.3. The van der Waals surface area contributed by atoms with E-state index in [0.717, 1.165) is 0 Å². The molecule has 14 heavy (non-hydrogen) atoms. The molecule has 0 saturated carbocycles. The summed E-state index contributed by atoms with van der Waals surface area (Å²) in [5.74, 6) is 0. The van der Waals surface area contributed by atoms with Crippen LogP contribution in [0.3, 0.4) is 0 Å². The highest BCUT2D eigenvalue weighted by molar-refractivity contribution is 8.13. The lowest BCUT2D eigenvalue weighted by Gasteiger charge is -2.01. The molecule has 0 spiro atoms. The molecule has 1 aromatic heterocycles. The van der Waals surface area contributed by atoms with Crippen molar-refractivity contribution < 1.29 is 17.2 Å². The first kappa shape index (κ1) is 11.1. The van der Waals surface area contributed by atoms with Gasteiger partial charge in [-0.25, -0.2) is 17.2 Å². The van der Waals surface area contributed by atoms with Gasteiger partial charge in [0.25, 0.3) is 15.5 Å². The van der Waals surface area contributed by atoms with Crippen molar-refractivity contribution in [3.05, 3.63) is 28.0 Å². The Morgan fingerprint density at radius 2 is 1.93 bits per heavy atom. The molecule has 0 fully saturated rings. The van der Waals surface area contributed by atoms with E-state index in [2.05, 4.69) is 0 Å². The summed E-state index contributed by atoms with van der Waals surface area (Å²) >= 11 is 0. The highest BCUT2D eigenvalue weighted by Crippen LogP contribution is 2.17. The zero-order valence-electron chi connectivity index (χ0n) is 6.50. The van der Waals surface area contributed by atoms with E-state index in [-0.39, 0.29) is 0 Å². The molecule has 0 amide bonds. The first-order chi connectivity index (χ1) is 6.30. The number of alkyl halides is 2. The number of aromatic amines is 1. The van der Waals surface area contributed by atoms with Crippen LogP contribution in [0.15, 0.2) is 22.0 Å². The summed E-state index contributed by atoms with van der Waals surface area (Å²) in [5.41, 5.74) is -1.63. The summed E-state index contributed by atoms with van der Waals surface area (Å²) in [4.78, 5) is 12.6. The summed E-state index contributed by atoms with van der Waals surface area (Å²) in [6.45, 7) is 0. The Bertz CT molecular complexity index is 496. The fourth-order valence-corrected chi connectivity index (χ4v) is 1.53. The fraction of sp³-hybridized carbons (Fsp3) is 0.167. The van der Waals surface area contributed by atoms with Gasteiger partial charge < -0.3 is 4.98 Å². The Kier molecular flexibility index (Phi) is 2.91. The van der Waals surface area contributed by atoms with Crippen molar-refractivity contribution in [1.82, 2.24) is 4.98 Å². The Morgan fingerprint density at radius 1 is 1.36 bits per heavy atom. The lowest BCUT2D eigenvalue weighted by molar-refractivity contribution is 0.145. The van der Waals surface area contributed by atoms with Gasteiger partial charge >= 0.3 is 0 Å². The van der Waals surface area contributed by atoms with Crippen LogP contribution < -0.4 is 5.43 Å². The molecule has 1 N–H and O–H groups in total. The molecule has 1 rings (SSSR count). The largest absolute Gasteiger partial charge is 0.344 e. The van der Waals surface area contributed by atoms with E-state index in [0.29, 0.717) is 12.1 Å². The van der Waals surface area contributed by atoms with Gasteiger partial charge in [0.05, 0.1) is 5.69 Å². The molecule has 1 aromatic rings. The zero-order valence-corrected chi connectivity index (χ0v) is 8.07. The van der Waals surface area contributed by atoms with Gasteiger partial charge in [-0.1, -0.05) is 0 Å². The van der Waals surface area contributed by atoms with E-state index >= 15 is 0 Å². The van der Waals surface area contributed by atoms with Crippen molar-refractivity contribution in [3.8, 4) is 0 Å². The highest BCUT2D eigenvalue weighted by atomic mass is 35.7. The van der Waals surface area contributed by atoms with E-state index in [1.54, 1.807) is 0 Å². The number of nitrogens with one attached hydrogen (secondary N) is 1. The number of H-pyrrole nitrogens is 1. The summed E-state index contributed by atoms with van der Waals surface area (Å²) in [6, 6.07) is 1.24. The second-order valence-corrected chi connectivity index (χ2v) is 4.91. The molecule has 0 aromatic carbocycles. The number of rotatable bonds is 2. The minimum atomic E-state index is -4.20. The summed E-state index contributed by atoms with van der Waals surface area (Å²) in [6.07, 6.45) is -2.96. The third kappa shape index (κ3) is 2.52. The van der Waals surface area contributed by atoms with Gasteiger partial charge in [-0.3, -0.25) is 4.79 Å². The maximum Gasteiger partial charge on any atom is 0.278 e. The number of pyridine rings is 1. The Hall–Kier alpha value is -0.950. The van der Waals surface area contributed by atoms with Crippen molar-refractivity contribution in [2.24, 2.45) is 0 Å². The molecule has 8 heteroatoms. The number of halogens is 3. The lowest BCUT2D eigenvalue weighted by Crippen LogP contribution is -2.08. The van der Waals surface area contributed by atoms with Crippen LogP contribution >= 0.6 is 10.7 Å². The fourth-order valence-electron chi connectivity index (χ4n) is 0.787. The van der Waals surface area contributed by atoms with E-state index in [9.17, 15) is 22.0 Å². The molecule has 4 nitrogen and oxygen atoms in total. The molecular weight excluding hydrogens is 240 g/mol. The highest BCUT2D eigenvalue weighted by Gasteiger charge is 2.16. The number of hydrogen-bond acceptors (Lipinski definition) is 3. The molecule has 0 radical (unpaired) electrons. The first-order valence-corrected chi connectivity index (χ1v) is 5.59. The predicted octanol–water partition coefficient (Wildman–Crippen LogP) is 1.24. The molecule has 0 aliphatic heterocycles. The van der Waals surface area contributed by atoms with Crippen LogP contribution in [0, 0.1) is 0 Å². The third-order valence-corrected chi connectivity index (χ3v) is 2.58. The maximum atomic E-state index is 12.1. The van der Waals surface area contributed by atoms with Gasteiger partial charge in [0, 0.05) is 22.8 Å². The summed E-state index contributed by atoms with van der Waals surface area (Å²) < 4.78 is 45.6. The molecule has 78 valence electrons. The third-order valence-electron chi connectivity index (χ3n) is 1.34. The van der Waals surface area contributed by atoms with Gasteiger partial charge in [-0.2, -0.15) is 0 Å². The van der Waals surface area contributed by atoms with Crippen molar-refractivity contribution in [1.29, 1.82) is 0 Å². The van der Waals surface area contributed by atoms with Crippen LogP contribution in [0.5, 0.6) is 0 Å². The van der Waals surface area contributed by atoms with Gasteiger partial charge in [0.2, 0.25) is 0 Å². The molecular formula is C6H4ClF2NO3S. The van der Waals surface area contributed by atoms with E-state index < -0.39 is 31.6 Å². The second kappa shape index (κ2) is 3.66. The van der Waals surface area contributed by atoms with Crippen LogP contribution in [-0.2, 0) is 9.05 Å². The SMILES string of the molecule is O=c1cc(C(F)F)[nH]c(S(=O)(=O)Cl)c1. The smallest absolute Gasteiger partial charge is 0.278 e. The molecule has 0 aliphatic carbocycles. The standard InChI is InChI=1S/C6H4ClF2NO3S/c7-14(12,13)5-2-3(11)1-4(10-5)6(8)9/h1-2,6H,(H,10,11). The van der Waals surface area contributed by atoms with Gasteiger partial charge in [0.15, 0.2) is 10.5 Å². The monoisotopic (exact) mass is 243 g/mol. The zero-order chi connectivity index (χ0) is 10.9. The van der Waals surface area contributed by atoms with E-state index in [1.807, 2.05) is 4.98 Å². The minimum absolute atomic E-state index is 0.607. The molecule has 0 saturated heterocycles. The second-order valence-electron chi connectivity index (χ2n) is 2.37. The average Bonchev–Trinajstić information content (AvgIpc) is 2.01. The van der Waals surface area contributed by atoms with Crippen LogP contribution in [0.25, 0.3) is 0 Å². The molecule has 0 unspecified atom stereocenters. The Balaban J connectivity index is 3.43.